The highest BCUT2D eigenvalue weighted by atomic mass is 16.5. The maximum absolute atomic E-state index is 10.1. The lowest BCUT2D eigenvalue weighted by Crippen LogP contribution is -2.30. The topological polar surface area (TPSA) is 60.2 Å². The normalized spacial score (nSPS) is 13.1. The number of aliphatic hydroxyl groups excluding tert-OH is 1. The molecule has 1 N–H and O–H groups in total. The Kier molecular flexibility index (Phi) is 4.96. The second-order valence-electron chi connectivity index (χ2n) is 6.18. The Hall–Kier alpha value is -1.88. The van der Waals surface area contributed by atoms with Crippen LogP contribution in [0.5, 0.6) is 5.75 Å². The molecule has 1 aromatic heterocycles. The van der Waals surface area contributed by atoms with Crippen molar-refractivity contribution in [3.63, 3.8) is 0 Å². The average molecular weight is 289 g/mol. The van der Waals surface area contributed by atoms with E-state index >= 15 is 0 Å². The third kappa shape index (κ3) is 4.86. The van der Waals surface area contributed by atoms with E-state index in [0.717, 1.165) is 11.6 Å². The van der Waals surface area contributed by atoms with E-state index in [0.29, 0.717) is 19.6 Å². The van der Waals surface area contributed by atoms with Crippen LogP contribution >= 0.6 is 0 Å². The quantitative estimate of drug-likeness (QED) is 0.886. The van der Waals surface area contributed by atoms with E-state index < -0.39 is 6.10 Å². The number of nitrogens with zero attached hydrogens (tertiary/aromatic N) is 3. The van der Waals surface area contributed by atoms with Gasteiger partial charge in [-0.15, -0.1) is 0 Å². The van der Waals surface area contributed by atoms with Gasteiger partial charge < -0.3 is 9.84 Å². The average Bonchev–Trinajstić information content (AvgIpc) is 2.86. The highest BCUT2D eigenvalue weighted by molar-refractivity contribution is 5.20. The Balaban J connectivity index is 1.81. The van der Waals surface area contributed by atoms with Crippen LogP contribution in [0.3, 0.4) is 0 Å². The van der Waals surface area contributed by atoms with Crippen LogP contribution in [0.1, 0.15) is 26.6 Å². The van der Waals surface area contributed by atoms with Crippen molar-refractivity contribution in [2.45, 2.75) is 39.8 Å². The largest absolute Gasteiger partial charge is 0.493 e. The Morgan fingerprint density at radius 3 is 2.62 bits per heavy atom. The van der Waals surface area contributed by atoms with Gasteiger partial charge in [0, 0.05) is 6.42 Å². The highest BCUT2D eigenvalue weighted by Crippen LogP contribution is 2.20. The van der Waals surface area contributed by atoms with E-state index in [1.807, 2.05) is 51.1 Å². The predicted molar refractivity (Wildman–Crippen MR) is 81.1 cm³/mol. The number of rotatable bonds is 6. The van der Waals surface area contributed by atoms with Crippen LogP contribution in [0.2, 0.25) is 0 Å². The van der Waals surface area contributed by atoms with Crippen molar-refractivity contribution in [1.29, 1.82) is 0 Å². The predicted octanol–water partition coefficient (Wildman–Crippen LogP) is 2.31. The van der Waals surface area contributed by atoms with Crippen molar-refractivity contribution in [3.05, 3.63) is 42.5 Å². The maximum Gasteiger partial charge on any atom is 0.153 e. The second kappa shape index (κ2) is 6.72. The van der Waals surface area contributed by atoms with Crippen molar-refractivity contribution in [2.24, 2.45) is 5.41 Å². The molecule has 1 unspecified atom stereocenters. The molecule has 0 aliphatic carbocycles. The fraction of sp³-hybridized carbons (Fsp3) is 0.500. The van der Waals surface area contributed by atoms with Crippen molar-refractivity contribution < 1.29 is 9.84 Å². The zero-order chi connectivity index (χ0) is 15.3. The first-order valence-electron chi connectivity index (χ1n) is 7.19. The van der Waals surface area contributed by atoms with Crippen LogP contribution in [-0.2, 0) is 13.0 Å². The van der Waals surface area contributed by atoms with Gasteiger partial charge in [-0.25, -0.2) is 4.98 Å². The first kappa shape index (κ1) is 15.5. The SMILES string of the molecule is CC(C)(C)C(O)Cn1cnc(CCOc2ccccc2)n1. The van der Waals surface area contributed by atoms with E-state index in [4.69, 9.17) is 4.74 Å². The van der Waals surface area contributed by atoms with E-state index in [1.165, 1.54) is 0 Å². The summed E-state index contributed by atoms with van der Waals surface area (Å²) in [6.45, 7) is 7.00. The summed E-state index contributed by atoms with van der Waals surface area (Å²) in [6, 6.07) is 9.68. The van der Waals surface area contributed by atoms with E-state index in [-0.39, 0.29) is 5.41 Å². The van der Waals surface area contributed by atoms with Crippen LogP contribution in [0, 0.1) is 5.41 Å². The Morgan fingerprint density at radius 2 is 1.95 bits per heavy atom. The molecule has 0 amide bonds. The van der Waals surface area contributed by atoms with Gasteiger partial charge in [0.2, 0.25) is 0 Å². The summed E-state index contributed by atoms with van der Waals surface area (Å²) in [4.78, 5) is 4.24. The number of aromatic nitrogens is 3. The number of hydrogen-bond acceptors (Lipinski definition) is 4. The summed E-state index contributed by atoms with van der Waals surface area (Å²) < 4.78 is 7.30. The van der Waals surface area contributed by atoms with Crippen LogP contribution in [0.25, 0.3) is 0 Å². The lowest BCUT2D eigenvalue weighted by atomic mass is 9.89. The molecule has 5 heteroatoms. The van der Waals surface area contributed by atoms with Gasteiger partial charge in [-0.2, -0.15) is 5.10 Å². The lowest BCUT2D eigenvalue weighted by molar-refractivity contribution is 0.0449. The number of para-hydroxylation sites is 1. The molecule has 1 aromatic carbocycles. The van der Waals surface area contributed by atoms with Gasteiger partial charge in [-0.05, 0) is 17.5 Å². The van der Waals surface area contributed by atoms with Crippen LogP contribution < -0.4 is 4.74 Å². The van der Waals surface area contributed by atoms with Gasteiger partial charge in [0.15, 0.2) is 5.82 Å². The smallest absolute Gasteiger partial charge is 0.153 e. The molecular formula is C16H23N3O2. The fourth-order valence-electron chi connectivity index (χ4n) is 1.76. The number of ether oxygens (including phenoxy) is 1. The van der Waals surface area contributed by atoms with Gasteiger partial charge >= 0.3 is 0 Å². The maximum atomic E-state index is 10.1. The minimum absolute atomic E-state index is 0.164. The van der Waals surface area contributed by atoms with Crippen LogP contribution in [0.15, 0.2) is 36.7 Å². The minimum atomic E-state index is -0.451. The first-order chi connectivity index (χ1) is 9.95. The van der Waals surface area contributed by atoms with Crippen molar-refractivity contribution in [3.8, 4) is 5.75 Å². The monoisotopic (exact) mass is 289 g/mol. The Bertz CT molecular complexity index is 546. The van der Waals surface area contributed by atoms with E-state index in [2.05, 4.69) is 10.1 Å². The molecule has 0 fully saturated rings. The molecule has 0 spiro atoms. The molecule has 1 atom stereocenters. The number of aliphatic hydroxyl groups is 1. The van der Waals surface area contributed by atoms with Crippen molar-refractivity contribution >= 4 is 0 Å². The van der Waals surface area contributed by atoms with Crippen molar-refractivity contribution in [1.82, 2.24) is 14.8 Å². The Morgan fingerprint density at radius 1 is 1.24 bits per heavy atom. The molecule has 0 saturated carbocycles. The summed E-state index contributed by atoms with van der Waals surface area (Å²) in [7, 11) is 0. The summed E-state index contributed by atoms with van der Waals surface area (Å²) in [5.41, 5.74) is -0.164. The lowest BCUT2D eigenvalue weighted by Gasteiger charge is -2.25. The molecule has 5 nitrogen and oxygen atoms in total. The highest BCUT2D eigenvalue weighted by Gasteiger charge is 2.22. The summed E-state index contributed by atoms with van der Waals surface area (Å²) in [6.07, 6.45) is 1.85. The molecule has 0 bridgehead atoms. The van der Waals surface area contributed by atoms with Gasteiger partial charge in [-0.3, -0.25) is 4.68 Å². The van der Waals surface area contributed by atoms with E-state index in [1.54, 1.807) is 11.0 Å². The molecule has 0 saturated heterocycles. The molecule has 2 rings (SSSR count). The van der Waals surface area contributed by atoms with Gasteiger partial charge in [0.05, 0.1) is 19.3 Å². The van der Waals surface area contributed by atoms with Crippen molar-refractivity contribution in [2.75, 3.05) is 6.61 Å². The molecule has 0 aliphatic rings. The second-order valence-corrected chi connectivity index (χ2v) is 6.18. The molecule has 0 radical (unpaired) electrons. The number of benzene rings is 1. The number of hydrogen-bond donors (Lipinski definition) is 1. The summed E-state index contributed by atoms with van der Waals surface area (Å²) >= 11 is 0. The third-order valence-electron chi connectivity index (χ3n) is 3.28. The molecule has 1 heterocycles. The molecule has 21 heavy (non-hydrogen) atoms. The first-order valence-corrected chi connectivity index (χ1v) is 7.19. The molecule has 0 aliphatic heterocycles. The van der Waals surface area contributed by atoms with Gasteiger partial charge in [-0.1, -0.05) is 39.0 Å². The summed E-state index contributed by atoms with van der Waals surface area (Å²) in [5.74, 6) is 1.58. The summed E-state index contributed by atoms with van der Waals surface area (Å²) in [5, 5.41) is 14.4. The standard InChI is InChI=1S/C16H23N3O2/c1-16(2,3)14(20)11-19-12-17-15(18-19)9-10-21-13-7-5-4-6-8-13/h4-8,12,14,20H,9-11H2,1-3H3. The van der Waals surface area contributed by atoms with Crippen LogP contribution in [0.4, 0.5) is 0 Å². The minimum Gasteiger partial charge on any atom is -0.493 e. The van der Waals surface area contributed by atoms with Crippen LogP contribution in [-0.4, -0.2) is 32.6 Å². The van der Waals surface area contributed by atoms with Gasteiger partial charge in [0.1, 0.15) is 12.1 Å². The third-order valence-corrected chi connectivity index (χ3v) is 3.28. The van der Waals surface area contributed by atoms with E-state index in [9.17, 15) is 5.11 Å². The Labute approximate surface area is 125 Å². The molecular weight excluding hydrogens is 266 g/mol. The van der Waals surface area contributed by atoms with Gasteiger partial charge in [0.25, 0.3) is 0 Å². The zero-order valence-electron chi connectivity index (χ0n) is 12.9. The zero-order valence-corrected chi connectivity index (χ0v) is 12.9. The fourth-order valence-corrected chi connectivity index (χ4v) is 1.76. The molecule has 114 valence electrons. The molecule has 2 aromatic rings.